The first-order valence-electron chi connectivity index (χ1n) is 6.09. The zero-order valence-electron chi connectivity index (χ0n) is 10.9. The molecule has 0 saturated heterocycles. The first kappa shape index (κ1) is 14.5. The topological polar surface area (TPSA) is 110 Å². The standard InChI is InChI=1S/C15H13NO5/c16-8-13(19)14-11(17)6-10(7-12(14)18)21-15(20)9-4-2-1-3-5-9/h1-7,17-18H,8,16H2. The average Bonchev–Trinajstić information content (AvgIpc) is 2.47. The summed E-state index contributed by atoms with van der Waals surface area (Å²) in [5.74, 6) is -2.34. The van der Waals surface area contributed by atoms with Gasteiger partial charge in [0.05, 0.1) is 12.1 Å². The monoisotopic (exact) mass is 287 g/mol. The van der Waals surface area contributed by atoms with E-state index in [0.29, 0.717) is 5.56 Å². The maximum atomic E-state index is 11.8. The summed E-state index contributed by atoms with van der Waals surface area (Å²) in [4.78, 5) is 23.3. The Morgan fingerprint density at radius 1 is 1.05 bits per heavy atom. The summed E-state index contributed by atoms with van der Waals surface area (Å²) < 4.78 is 5.03. The molecule has 2 aromatic rings. The molecule has 21 heavy (non-hydrogen) atoms. The van der Waals surface area contributed by atoms with Crippen molar-refractivity contribution in [1.82, 2.24) is 0 Å². The van der Waals surface area contributed by atoms with Gasteiger partial charge in [0.15, 0.2) is 5.78 Å². The highest BCUT2D eigenvalue weighted by Gasteiger charge is 2.18. The van der Waals surface area contributed by atoms with Gasteiger partial charge in [0.1, 0.15) is 22.8 Å². The highest BCUT2D eigenvalue weighted by Crippen LogP contribution is 2.33. The zero-order valence-corrected chi connectivity index (χ0v) is 10.9. The first-order chi connectivity index (χ1) is 10.0. The number of carbonyl (C=O) groups is 2. The van der Waals surface area contributed by atoms with Crippen LogP contribution >= 0.6 is 0 Å². The molecule has 0 aliphatic heterocycles. The molecule has 4 N–H and O–H groups in total. The Morgan fingerprint density at radius 2 is 1.62 bits per heavy atom. The number of ketones is 1. The van der Waals surface area contributed by atoms with Crippen LogP contribution in [0.3, 0.4) is 0 Å². The maximum Gasteiger partial charge on any atom is 0.343 e. The smallest absolute Gasteiger partial charge is 0.343 e. The molecule has 0 unspecified atom stereocenters. The van der Waals surface area contributed by atoms with Crippen LogP contribution in [0, 0.1) is 0 Å². The highest BCUT2D eigenvalue weighted by atomic mass is 16.5. The van der Waals surface area contributed by atoms with Gasteiger partial charge < -0.3 is 20.7 Å². The number of carbonyl (C=O) groups excluding carboxylic acids is 2. The molecule has 0 amide bonds. The van der Waals surface area contributed by atoms with Gasteiger partial charge in [0.25, 0.3) is 0 Å². The second kappa shape index (κ2) is 6.06. The van der Waals surface area contributed by atoms with Crippen LogP contribution in [-0.4, -0.2) is 28.5 Å². The number of nitrogens with two attached hydrogens (primary N) is 1. The SMILES string of the molecule is NCC(=O)c1c(O)cc(OC(=O)c2ccccc2)cc1O. The van der Waals surface area contributed by atoms with E-state index < -0.39 is 23.3 Å². The van der Waals surface area contributed by atoms with Crippen molar-refractivity contribution in [3.8, 4) is 17.2 Å². The van der Waals surface area contributed by atoms with Gasteiger partial charge >= 0.3 is 5.97 Å². The van der Waals surface area contributed by atoms with Crippen LogP contribution in [0.4, 0.5) is 0 Å². The number of hydrogen-bond acceptors (Lipinski definition) is 6. The third kappa shape index (κ3) is 3.18. The fourth-order valence-electron chi connectivity index (χ4n) is 1.77. The van der Waals surface area contributed by atoms with E-state index in [-0.39, 0.29) is 17.9 Å². The van der Waals surface area contributed by atoms with Crippen LogP contribution in [0.25, 0.3) is 0 Å². The van der Waals surface area contributed by atoms with Crippen molar-refractivity contribution >= 4 is 11.8 Å². The molecule has 0 heterocycles. The molecule has 6 heteroatoms. The average molecular weight is 287 g/mol. The minimum atomic E-state index is -0.646. The molecule has 2 aromatic carbocycles. The predicted molar refractivity (Wildman–Crippen MR) is 74.6 cm³/mol. The molecule has 2 rings (SSSR count). The van der Waals surface area contributed by atoms with Crippen molar-refractivity contribution in [3.63, 3.8) is 0 Å². The Morgan fingerprint density at radius 3 is 2.14 bits per heavy atom. The summed E-state index contributed by atoms with van der Waals surface area (Å²) in [7, 11) is 0. The van der Waals surface area contributed by atoms with Gasteiger partial charge in [-0.2, -0.15) is 0 Å². The molecule has 108 valence electrons. The Labute approximate surface area is 120 Å². The molecular formula is C15H13NO5. The molecule has 6 nitrogen and oxygen atoms in total. The quantitative estimate of drug-likeness (QED) is 0.446. The van der Waals surface area contributed by atoms with E-state index in [4.69, 9.17) is 10.5 Å². The Kier molecular flexibility index (Phi) is 4.20. The van der Waals surface area contributed by atoms with Crippen molar-refractivity contribution in [2.45, 2.75) is 0 Å². The van der Waals surface area contributed by atoms with E-state index in [1.807, 2.05) is 0 Å². The fraction of sp³-hybridized carbons (Fsp3) is 0.0667. The van der Waals surface area contributed by atoms with Gasteiger partial charge in [-0.15, -0.1) is 0 Å². The van der Waals surface area contributed by atoms with Crippen LogP contribution < -0.4 is 10.5 Å². The van der Waals surface area contributed by atoms with Crippen LogP contribution in [-0.2, 0) is 0 Å². The van der Waals surface area contributed by atoms with Crippen molar-refractivity contribution in [2.75, 3.05) is 6.54 Å². The molecule has 0 spiro atoms. The Bertz CT molecular complexity index is 659. The lowest BCUT2D eigenvalue weighted by atomic mass is 10.1. The van der Waals surface area contributed by atoms with Crippen LogP contribution in [0.1, 0.15) is 20.7 Å². The van der Waals surface area contributed by atoms with E-state index >= 15 is 0 Å². The number of ether oxygens (including phenoxy) is 1. The minimum Gasteiger partial charge on any atom is -0.507 e. The van der Waals surface area contributed by atoms with Gasteiger partial charge in [-0.1, -0.05) is 18.2 Å². The predicted octanol–water partition coefficient (Wildman–Crippen LogP) is 1.46. The summed E-state index contributed by atoms with van der Waals surface area (Å²) in [5.41, 5.74) is 5.20. The summed E-state index contributed by atoms with van der Waals surface area (Å²) in [6, 6.07) is 10.4. The molecule has 0 fully saturated rings. The highest BCUT2D eigenvalue weighted by molar-refractivity contribution is 6.02. The summed E-state index contributed by atoms with van der Waals surface area (Å²) >= 11 is 0. The lowest BCUT2D eigenvalue weighted by Gasteiger charge is -2.09. The molecule has 0 bridgehead atoms. The molecular weight excluding hydrogens is 274 g/mol. The van der Waals surface area contributed by atoms with E-state index in [2.05, 4.69) is 0 Å². The molecule has 0 atom stereocenters. The lowest BCUT2D eigenvalue weighted by Crippen LogP contribution is -2.14. The third-order valence-corrected chi connectivity index (χ3v) is 2.75. The normalized spacial score (nSPS) is 10.1. The van der Waals surface area contributed by atoms with Gasteiger partial charge in [-0.05, 0) is 12.1 Å². The molecule has 0 aliphatic rings. The number of rotatable bonds is 4. The van der Waals surface area contributed by atoms with Crippen molar-refractivity contribution in [3.05, 3.63) is 53.6 Å². The van der Waals surface area contributed by atoms with Gasteiger partial charge in [-0.25, -0.2) is 4.79 Å². The summed E-state index contributed by atoms with van der Waals surface area (Å²) in [6.07, 6.45) is 0. The number of aromatic hydroxyl groups is 2. The second-order valence-electron chi connectivity index (χ2n) is 4.22. The van der Waals surface area contributed by atoms with E-state index in [0.717, 1.165) is 12.1 Å². The minimum absolute atomic E-state index is 0.0765. The lowest BCUT2D eigenvalue weighted by molar-refractivity contribution is 0.0734. The van der Waals surface area contributed by atoms with E-state index in [1.165, 1.54) is 0 Å². The fourth-order valence-corrected chi connectivity index (χ4v) is 1.77. The number of phenolic OH excluding ortho intramolecular Hbond substituents is 2. The Hall–Kier alpha value is -2.86. The van der Waals surface area contributed by atoms with Crippen molar-refractivity contribution < 1.29 is 24.5 Å². The molecule has 0 saturated carbocycles. The van der Waals surface area contributed by atoms with E-state index in [1.54, 1.807) is 30.3 Å². The van der Waals surface area contributed by atoms with Crippen molar-refractivity contribution in [1.29, 1.82) is 0 Å². The summed E-state index contributed by atoms with van der Waals surface area (Å²) in [6.45, 7) is -0.357. The Balaban J connectivity index is 2.27. The van der Waals surface area contributed by atoms with Crippen LogP contribution in [0.2, 0.25) is 0 Å². The van der Waals surface area contributed by atoms with Crippen LogP contribution in [0.5, 0.6) is 17.2 Å². The molecule has 0 aliphatic carbocycles. The van der Waals surface area contributed by atoms with Crippen LogP contribution in [0.15, 0.2) is 42.5 Å². The van der Waals surface area contributed by atoms with E-state index in [9.17, 15) is 19.8 Å². The largest absolute Gasteiger partial charge is 0.507 e. The summed E-state index contributed by atoms with van der Waals surface area (Å²) in [5, 5.41) is 19.5. The van der Waals surface area contributed by atoms with Gasteiger partial charge in [0, 0.05) is 12.1 Å². The van der Waals surface area contributed by atoms with Crippen molar-refractivity contribution in [2.24, 2.45) is 5.73 Å². The number of esters is 1. The number of hydrogen-bond donors (Lipinski definition) is 3. The molecule has 0 aromatic heterocycles. The zero-order chi connectivity index (χ0) is 15.4. The van der Waals surface area contributed by atoms with Gasteiger partial charge in [-0.3, -0.25) is 4.79 Å². The number of benzene rings is 2. The first-order valence-corrected chi connectivity index (χ1v) is 6.09. The maximum absolute atomic E-state index is 11.8. The third-order valence-electron chi connectivity index (χ3n) is 2.75. The number of phenols is 2. The number of Topliss-reactive ketones (excluding diaryl/α,β-unsaturated/α-hetero) is 1. The van der Waals surface area contributed by atoms with Gasteiger partial charge in [0.2, 0.25) is 0 Å². The second-order valence-corrected chi connectivity index (χ2v) is 4.22. The molecule has 0 radical (unpaired) electrons.